The number of amides is 1. The quantitative estimate of drug-likeness (QED) is 0.538. The number of anilines is 1. The fourth-order valence-electron chi connectivity index (χ4n) is 8.88. The molecule has 0 spiro atoms. The van der Waals surface area contributed by atoms with E-state index in [1.165, 1.54) is 31.3 Å². The molecule has 5 aliphatic rings. The smallest absolute Gasteiger partial charge is 0.414 e. The van der Waals surface area contributed by atoms with Crippen molar-refractivity contribution >= 4 is 17.6 Å². The maximum Gasteiger partial charge on any atom is 0.414 e. The number of ketones is 1. The standard InChI is InChI=1S/C29H37NO4/c1-28-14-12-20(31)16-18(28)4-9-22-23-10-11-25(29(23,2)15-13-24(22)28)26-17-30(27(32)34-26)19-5-7-21(33-3)8-6-19/h5-8,16,22-26H,4,9-15,17H2,1-3H3/t22-,23-,24-,25+,26?,28-,29-/m0/s1. The van der Waals surface area contributed by atoms with Gasteiger partial charge < -0.3 is 9.47 Å². The van der Waals surface area contributed by atoms with Crippen molar-refractivity contribution in [3.63, 3.8) is 0 Å². The number of allylic oxidation sites excluding steroid dienone is 1. The van der Waals surface area contributed by atoms with E-state index in [2.05, 4.69) is 13.8 Å². The molecule has 0 radical (unpaired) electrons. The van der Waals surface area contributed by atoms with E-state index in [9.17, 15) is 9.59 Å². The third-order valence-corrected chi connectivity index (χ3v) is 10.7. The highest BCUT2D eigenvalue weighted by atomic mass is 16.6. The van der Waals surface area contributed by atoms with Gasteiger partial charge in [-0.15, -0.1) is 0 Å². The summed E-state index contributed by atoms with van der Waals surface area (Å²) < 4.78 is 11.3. The summed E-state index contributed by atoms with van der Waals surface area (Å²) in [6.45, 7) is 5.58. The molecule has 5 heteroatoms. The first-order valence-corrected chi connectivity index (χ1v) is 13.2. The number of carbonyl (C=O) groups is 2. The van der Waals surface area contributed by atoms with Crippen LogP contribution in [0.2, 0.25) is 0 Å². The second-order valence-electron chi connectivity index (χ2n) is 11.9. The van der Waals surface area contributed by atoms with Crippen LogP contribution in [-0.4, -0.2) is 31.6 Å². The summed E-state index contributed by atoms with van der Waals surface area (Å²) in [6.07, 6.45) is 10.6. The van der Waals surface area contributed by atoms with Crippen molar-refractivity contribution in [2.75, 3.05) is 18.6 Å². The van der Waals surface area contributed by atoms with Gasteiger partial charge in [0.05, 0.1) is 13.7 Å². The van der Waals surface area contributed by atoms with E-state index >= 15 is 0 Å². The first-order chi connectivity index (χ1) is 16.3. The minimum atomic E-state index is -0.220. The van der Waals surface area contributed by atoms with Crippen LogP contribution in [-0.2, 0) is 9.53 Å². The zero-order valence-corrected chi connectivity index (χ0v) is 20.7. The Hall–Kier alpha value is -2.30. The number of hydrogen-bond donors (Lipinski definition) is 0. The number of nitrogens with zero attached hydrogens (tertiary/aromatic N) is 1. The Bertz CT molecular complexity index is 1030. The summed E-state index contributed by atoms with van der Waals surface area (Å²) in [7, 11) is 1.65. The molecule has 3 saturated carbocycles. The molecule has 6 rings (SSSR count). The Labute approximate surface area is 202 Å². The monoisotopic (exact) mass is 463 g/mol. The van der Waals surface area contributed by atoms with Crippen LogP contribution >= 0.6 is 0 Å². The molecule has 182 valence electrons. The fraction of sp³-hybridized carbons (Fsp3) is 0.655. The number of methoxy groups -OCH3 is 1. The number of hydrogen-bond acceptors (Lipinski definition) is 4. The summed E-state index contributed by atoms with van der Waals surface area (Å²) in [4.78, 5) is 26.8. The molecule has 1 aliphatic heterocycles. The lowest BCUT2D eigenvalue weighted by Gasteiger charge is -2.58. The molecule has 34 heavy (non-hydrogen) atoms. The highest BCUT2D eigenvalue weighted by molar-refractivity contribution is 5.91. The molecule has 5 nitrogen and oxygen atoms in total. The second-order valence-corrected chi connectivity index (χ2v) is 11.9. The van der Waals surface area contributed by atoms with E-state index in [0.29, 0.717) is 36.5 Å². The lowest BCUT2D eigenvalue weighted by atomic mass is 9.46. The predicted molar refractivity (Wildman–Crippen MR) is 131 cm³/mol. The van der Waals surface area contributed by atoms with E-state index < -0.39 is 0 Å². The van der Waals surface area contributed by atoms with Crippen LogP contribution < -0.4 is 9.64 Å². The molecule has 0 N–H and O–H groups in total. The summed E-state index contributed by atoms with van der Waals surface area (Å²) in [5.41, 5.74) is 2.75. The van der Waals surface area contributed by atoms with Gasteiger partial charge in [-0.1, -0.05) is 19.4 Å². The molecule has 1 aromatic carbocycles. The zero-order chi connectivity index (χ0) is 23.7. The Morgan fingerprint density at radius 3 is 2.47 bits per heavy atom. The van der Waals surface area contributed by atoms with Crippen LogP contribution in [0.1, 0.15) is 65.2 Å². The SMILES string of the molecule is COc1ccc(N2CC([C@H]3CC[C@H]4[C@@H]5CCC6=CC(=O)CC[C@]6(C)[C@H]5CC[C@]34C)OC2=O)cc1. The Morgan fingerprint density at radius 1 is 0.941 bits per heavy atom. The van der Waals surface area contributed by atoms with Crippen molar-refractivity contribution in [2.24, 2.45) is 34.5 Å². The van der Waals surface area contributed by atoms with Gasteiger partial charge in [-0.25, -0.2) is 4.79 Å². The number of fused-ring (bicyclic) bond motifs is 5. The average Bonchev–Trinajstić information content (AvgIpc) is 3.39. The summed E-state index contributed by atoms with van der Waals surface area (Å²) in [5, 5.41) is 0. The van der Waals surface area contributed by atoms with Crippen molar-refractivity contribution in [1.29, 1.82) is 0 Å². The molecule has 1 saturated heterocycles. The molecule has 0 bridgehead atoms. The average molecular weight is 464 g/mol. The van der Waals surface area contributed by atoms with Gasteiger partial charge in [0.2, 0.25) is 0 Å². The number of cyclic esters (lactones) is 1. The first kappa shape index (κ1) is 22.2. The Balaban J connectivity index is 1.21. The van der Waals surface area contributed by atoms with Crippen molar-refractivity contribution < 1.29 is 19.1 Å². The molecule has 4 aliphatic carbocycles. The summed E-state index contributed by atoms with van der Waals surface area (Å²) >= 11 is 0. The minimum absolute atomic E-state index is 0.0388. The van der Waals surface area contributed by atoms with Crippen molar-refractivity contribution in [3.8, 4) is 5.75 Å². The van der Waals surface area contributed by atoms with Gasteiger partial charge in [0.15, 0.2) is 5.78 Å². The maximum atomic E-state index is 12.9. The van der Waals surface area contributed by atoms with Crippen molar-refractivity contribution in [1.82, 2.24) is 0 Å². The maximum absolute atomic E-state index is 12.9. The molecule has 7 atom stereocenters. The lowest BCUT2D eigenvalue weighted by molar-refractivity contribution is -0.117. The highest BCUT2D eigenvalue weighted by Crippen LogP contribution is 2.67. The Kier molecular flexibility index (Phi) is 5.13. The normalized spacial score (nSPS) is 41.3. The van der Waals surface area contributed by atoms with Crippen molar-refractivity contribution in [3.05, 3.63) is 35.9 Å². The van der Waals surface area contributed by atoms with E-state index in [1.54, 1.807) is 12.0 Å². The van der Waals surface area contributed by atoms with Gasteiger partial charge in [-0.2, -0.15) is 0 Å². The van der Waals surface area contributed by atoms with Crippen LogP contribution in [0.4, 0.5) is 10.5 Å². The van der Waals surface area contributed by atoms with Gasteiger partial charge in [0.25, 0.3) is 0 Å². The van der Waals surface area contributed by atoms with E-state index in [0.717, 1.165) is 36.6 Å². The molecule has 0 aromatic heterocycles. The van der Waals surface area contributed by atoms with Crippen molar-refractivity contribution in [2.45, 2.75) is 71.3 Å². The first-order valence-electron chi connectivity index (χ1n) is 13.2. The molecular formula is C29H37NO4. The van der Waals surface area contributed by atoms with Gasteiger partial charge in [0, 0.05) is 18.0 Å². The molecule has 1 unspecified atom stereocenters. The topological polar surface area (TPSA) is 55.8 Å². The number of benzene rings is 1. The van der Waals surface area contributed by atoms with Crippen LogP contribution in [0.5, 0.6) is 5.75 Å². The molecule has 1 amide bonds. The van der Waals surface area contributed by atoms with Crippen LogP contribution in [0.3, 0.4) is 0 Å². The van der Waals surface area contributed by atoms with E-state index in [1.807, 2.05) is 30.3 Å². The van der Waals surface area contributed by atoms with E-state index in [-0.39, 0.29) is 23.0 Å². The van der Waals surface area contributed by atoms with Gasteiger partial charge >= 0.3 is 6.09 Å². The molecule has 1 aromatic rings. The number of rotatable bonds is 3. The minimum Gasteiger partial charge on any atom is -0.497 e. The number of carbonyl (C=O) groups excluding carboxylic acids is 2. The molecule has 4 fully saturated rings. The third kappa shape index (κ3) is 3.18. The largest absolute Gasteiger partial charge is 0.497 e. The summed E-state index contributed by atoms with van der Waals surface area (Å²) in [5.74, 6) is 3.66. The zero-order valence-electron chi connectivity index (χ0n) is 20.7. The lowest BCUT2D eigenvalue weighted by Crippen LogP contribution is -2.51. The number of ether oxygens (including phenoxy) is 2. The van der Waals surface area contributed by atoms with Crippen LogP contribution in [0.25, 0.3) is 0 Å². The van der Waals surface area contributed by atoms with Crippen LogP contribution in [0, 0.1) is 34.5 Å². The Morgan fingerprint density at radius 2 is 1.71 bits per heavy atom. The van der Waals surface area contributed by atoms with Gasteiger partial charge in [-0.05, 0) is 104 Å². The van der Waals surface area contributed by atoms with Gasteiger partial charge in [-0.3, -0.25) is 9.69 Å². The van der Waals surface area contributed by atoms with Gasteiger partial charge in [0.1, 0.15) is 11.9 Å². The molecular weight excluding hydrogens is 426 g/mol. The molecule has 1 heterocycles. The fourth-order valence-corrected chi connectivity index (χ4v) is 8.88. The summed E-state index contributed by atoms with van der Waals surface area (Å²) in [6, 6.07) is 7.68. The predicted octanol–water partition coefficient (Wildman–Crippen LogP) is 6.17. The van der Waals surface area contributed by atoms with Crippen LogP contribution in [0.15, 0.2) is 35.9 Å². The highest BCUT2D eigenvalue weighted by Gasteiger charge is 2.61. The third-order valence-electron chi connectivity index (χ3n) is 10.7. The van der Waals surface area contributed by atoms with E-state index in [4.69, 9.17) is 9.47 Å². The second kappa shape index (κ2) is 7.86.